The highest BCUT2D eigenvalue weighted by molar-refractivity contribution is 5.98. The summed E-state index contributed by atoms with van der Waals surface area (Å²) in [6.07, 6.45) is -0.0565. The number of rotatable bonds is 3. The fourth-order valence-corrected chi connectivity index (χ4v) is 2.50. The second-order valence-electron chi connectivity index (χ2n) is 5.01. The molecule has 1 atom stereocenters. The number of carboxylic acid groups (broad SMARTS) is 1. The van der Waals surface area contributed by atoms with Crippen molar-refractivity contribution in [3.63, 3.8) is 0 Å². The first-order chi connectivity index (χ1) is 9.63. The van der Waals surface area contributed by atoms with Crippen LogP contribution in [0.1, 0.15) is 18.0 Å². The highest BCUT2D eigenvalue weighted by Crippen LogP contribution is 2.26. The van der Waals surface area contributed by atoms with Crippen molar-refractivity contribution in [1.82, 2.24) is 0 Å². The normalized spacial score (nSPS) is 12.7. The molecule has 0 aliphatic carbocycles. The summed E-state index contributed by atoms with van der Waals surface area (Å²) in [4.78, 5) is 10.7. The Kier molecular flexibility index (Phi) is 3.12. The minimum Gasteiger partial charge on any atom is -0.481 e. The fourth-order valence-electron chi connectivity index (χ4n) is 2.50. The molecule has 0 bridgehead atoms. The van der Waals surface area contributed by atoms with Gasteiger partial charge in [-0.3, -0.25) is 4.79 Å². The maximum absolute atomic E-state index is 10.7. The lowest BCUT2D eigenvalue weighted by Gasteiger charge is -2.11. The van der Waals surface area contributed by atoms with Crippen molar-refractivity contribution < 1.29 is 9.90 Å². The first-order valence-corrected chi connectivity index (χ1v) is 6.53. The third-order valence-corrected chi connectivity index (χ3v) is 3.55. The number of fused-ring (bicyclic) bond motifs is 2. The summed E-state index contributed by atoms with van der Waals surface area (Å²) >= 11 is 0. The third-order valence-electron chi connectivity index (χ3n) is 3.55. The van der Waals surface area contributed by atoms with Gasteiger partial charge in [-0.05, 0) is 45.3 Å². The van der Waals surface area contributed by atoms with Gasteiger partial charge in [-0.2, -0.15) is 0 Å². The molecule has 100 valence electrons. The van der Waals surface area contributed by atoms with E-state index < -0.39 is 12.0 Å². The van der Waals surface area contributed by atoms with Gasteiger partial charge in [0.05, 0.1) is 6.42 Å². The summed E-state index contributed by atoms with van der Waals surface area (Å²) in [5, 5.41) is 13.4. The van der Waals surface area contributed by atoms with Crippen molar-refractivity contribution in [2.75, 3.05) is 0 Å². The van der Waals surface area contributed by atoms with Crippen LogP contribution in [0.5, 0.6) is 0 Å². The number of benzene rings is 3. The zero-order valence-corrected chi connectivity index (χ0v) is 10.9. The molecule has 3 N–H and O–H groups in total. The molecular weight excluding hydrogens is 250 g/mol. The Hall–Kier alpha value is -2.39. The lowest BCUT2D eigenvalue weighted by Crippen LogP contribution is -2.14. The molecule has 0 saturated heterocycles. The van der Waals surface area contributed by atoms with E-state index in [9.17, 15) is 4.79 Å². The van der Waals surface area contributed by atoms with Crippen LogP contribution in [0.25, 0.3) is 21.5 Å². The maximum atomic E-state index is 10.7. The average Bonchev–Trinajstić information content (AvgIpc) is 2.43. The van der Waals surface area contributed by atoms with E-state index in [4.69, 9.17) is 10.8 Å². The molecule has 3 heteroatoms. The molecule has 0 amide bonds. The second kappa shape index (κ2) is 4.94. The molecule has 0 unspecified atom stereocenters. The van der Waals surface area contributed by atoms with Crippen LogP contribution < -0.4 is 5.73 Å². The highest BCUT2D eigenvalue weighted by atomic mass is 16.4. The molecule has 0 radical (unpaired) electrons. The summed E-state index contributed by atoms with van der Waals surface area (Å²) in [6, 6.07) is 17.8. The third kappa shape index (κ3) is 2.36. The van der Waals surface area contributed by atoms with Crippen LogP contribution in [-0.2, 0) is 4.79 Å². The number of aliphatic carboxylic acids is 1. The summed E-state index contributed by atoms with van der Waals surface area (Å²) < 4.78 is 0. The summed E-state index contributed by atoms with van der Waals surface area (Å²) in [5.74, 6) is -0.879. The molecule has 3 aromatic carbocycles. The maximum Gasteiger partial charge on any atom is 0.305 e. The van der Waals surface area contributed by atoms with Gasteiger partial charge in [-0.25, -0.2) is 0 Å². The Bertz CT molecular complexity index is 795. The van der Waals surface area contributed by atoms with E-state index in [-0.39, 0.29) is 6.42 Å². The second-order valence-corrected chi connectivity index (χ2v) is 5.01. The predicted octanol–water partition coefficient (Wildman–Crippen LogP) is 3.47. The summed E-state index contributed by atoms with van der Waals surface area (Å²) in [7, 11) is 0. The van der Waals surface area contributed by atoms with Gasteiger partial charge in [0.1, 0.15) is 0 Å². The molecule has 3 aromatic rings. The Labute approximate surface area is 116 Å². The molecule has 0 fully saturated rings. The molecule has 0 saturated carbocycles. The van der Waals surface area contributed by atoms with Gasteiger partial charge in [-0.1, -0.05) is 36.4 Å². The van der Waals surface area contributed by atoms with E-state index in [2.05, 4.69) is 24.3 Å². The number of nitrogens with two attached hydrogens (primary N) is 1. The monoisotopic (exact) mass is 265 g/mol. The molecule has 3 rings (SSSR count). The van der Waals surface area contributed by atoms with Crippen LogP contribution in [0.3, 0.4) is 0 Å². The van der Waals surface area contributed by atoms with Crippen molar-refractivity contribution in [2.45, 2.75) is 12.5 Å². The van der Waals surface area contributed by atoms with Crippen LogP contribution in [0, 0.1) is 0 Å². The number of carboxylic acids is 1. The lowest BCUT2D eigenvalue weighted by molar-refractivity contribution is -0.137. The van der Waals surface area contributed by atoms with Gasteiger partial charge >= 0.3 is 5.97 Å². The van der Waals surface area contributed by atoms with Crippen molar-refractivity contribution >= 4 is 27.5 Å². The first kappa shape index (κ1) is 12.6. The summed E-state index contributed by atoms with van der Waals surface area (Å²) in [5.41, 5.74) is 6.78. The molecule has 0 heterocycles. The van der Waals surface area contributed by atoms with Crippen molar-refractivity contribution in [3.8, 4) is 0 Å². The van der Waals surface area contributed by atoms with Crippen LogP contribution >= 0.6 is 0 Å². The Morgan fingerprint density at radius 1 is 0.950 bits per heavy atom. The van der Waals surface area contributed by atoms with Crippen LogP contribution in [0.2, 0.25) is 0 Å². The van der Waals surface area contributed by atoms with Gasteiger partial charge in [0.2, 0.25) is 0 Å². The van der Waals surface area contributed by atoms with E-state index >= 15 is 0 Å². The zero-order valence-electron chi connectivity index (χ0n) is 10.9. The smallest absolute Gasteiger partial charge is 0.305 e. The minimum absolute atomic E-state index is 0.0565. The van der Waals surface area contributed by atoms with Gasteiger partial charge in [0.25, 0.3) is 0 Å². The Morgan fingerprint density at radius 3 is 2.20 bits per heavy atom. The van der Waals surface area contributed by atoms with E-state index in [1.54, 1.807) is 0 Å². The van der Waals surface area contributed by atoms with Crippen LogP contribution in [0.15, 0.2) is 54.6 Å². The standard InChI is InChI=1S/C17H15NO2/c18-16(10-17(19)20)14-6-5-13-7-11-3-1-2-4-12(11)8-15(13)9-14/h1-9,16H,10,18H2,(H,19,20)/t16-/m0/s1. The molecule has 3 nitrogen and oxygen atoms in total. The molecule has 0 aromatic heterocycles. The van der Waals surface area contributed by atoms with E-state index in [1.165, 1.54) is 10.8 Å². The molecule has 0 aliphatic rings. The first-order valence-electron chi connectivity index (χ1n) is 6.53. The van der Waals surface area contributed by atoms with Gasteiger partial charge in [0, 0.05) is 6.04 Å². The zero-order chi connectivity index (χ0) is 14.1. The molecule has 0 spiro atoms. The molecular formula is C17H15NO2. The average molecular weight is 265 g/mol. The lowest BCUT2D eigenvalue weighted by atomic mass is 9.98. The largest absolute Gasteiger partial charge is 0.481 e. The topological polar surface area (TPSA) is 63.3 Å². The SMILES string of the molecule is N[C@@H](CC(=O)O)c1ccc2cc3ccccc3cc2c1. The van der Waals surface area contributed by atoms with Gasteiger partial charge in [0.15, 0.2) is 0 Å². The highest BCUT2D eigenvalue weighted by Gasteiger charge is 2.11. The summed E-state index contributed by atoms with van der Waals surface area (Å²) in [6.45, 7) is 0. The number of hydrogen-bond acceptors (Lipinski definition) is 2. The van der Waals surface area contributed by atoms with E-state index in [0.29, 0.717) is 0 Å². The molecule has 0 aliphatic heterocycles. The van der Waals surface area contributed by atoms with Crippen LogP contribution in [0.4, 0.5) is 0 Å². The van der Waals surface area contributed by atoms with Gasteiger partial charge in [-0.15, -0.1) is 0 Å². The minimum atomic E-state index is -0.879. The quantitative estimate of drug-likeness (QED) is 0.713. The Balaban J connectivity index is 2.10. The van der Waals surface area contributed by atoms with Gasteiger partial charge < -0.3 is 10.8 Å². The van der Waals surface area contributed by atoms with Crippen LogP contribution in [-0.4, -0.2) is 11.1 Å². The predicted molar refractivity (Wildman–Crippen MR) is 80.6 cm³/mol. The molecule has 20 heavy (non-hydrogen) atoms. The number of carbonyl (C=O) groups is 1. The van der Waals surface area contributed by atoms with E-state index in [1.807, 2.05) is 30.3 Å². The van der Waals surface area contributed by atoms with Crippen molar-refractivity contribution in [3.05, 3.63) is 60.2 Å². The van der Waals surface area contributed by atoms with Crippen molar-refractivity contribution in [2.24, 2.45) is 5.73 Å². The Morgan fingerprint density at radius 2 is 1.55 bits per heavy atom. The fraction of sp³-hybridized carbons (Fsp3) is 0.118. The van der Waals surface area contributed by atoms with Crippen molar-refractivity contribution in [1.29, 1.82) is 0 Å². The number of hydrogen-bond donors (Lipinski definition) is 2. The van der Waals surface area contributed by atoms with E-state index in [0.717, 1.165) is 16.3 Å².